The second-order valence-electron chi connectivity index (χ2n) is 6.68. The van der Waals surface area contributed by atoms with Crippen molar-refractivity contribution in [1.82, 2.24) is 5.32 Å². The number of rotatable bonds is 6. The highest BCUT2D eigenvalue weighted by Gasteiger charge is 2.36. The van der Waals surface area contributed by atoms with Gasteiger partial charge in [-0.05, 0) is 48.2 Å². The maximum absolute atomic E-state index is 12.0. The van der Waals surface area contributed by atoms with Crippen LogP contribution in [0.15, 0.2) is 46.9 Å². The van der Waals surface area contributed by atoms with E-state index in [-0.39, 0.29) is 5.91 Å². The van der Waals surface area contributed by atoms with E-state index in [0.717, 1.165) is 22.8 Å². The Morgan fingerprint density at radius 3 is 2.83 bits per heavy atom. The summed E-state index contributed by atoms with van der Waals surface area (Å²) < 4.78 is 5.76. The second kappa shape index (κ2) is 6.95. The molecular formula is C20H24N2O2. The molecule has 0 aliphatic heterocycles. The van der Waals surface area contributed by atoms with Crippen LogP contribution in [0.4, 0.5) is 5.69 Å². The minimum Gasteiger partial charge on any atom is -0.461 e. The zero-order valence-corrected chi connectivity index (χ0v) is 14.5. The van der Waals surface area contributed by atoms with Gasteiger partial charge in [0.15, 0.2) is 0 Å². The summed E-state index contributed by atoms with van der Waals surface area (Å²) >= 11 is 0. The van der Waals surface area contributed by atoms with Crippen LogP contribution in [0, 0.1) is 5.92 Å². The number of hydrogen-bond donors (Lipinski definition) is 1. The number of carbonyl (C=O) groups excluding carboxylic acids is 1. The van der Waals surface area contributed by atoms with Gasteiger partial charge in [-0.3, -0.25) is 4.79 Å². The summed E-state index contributed by atoms with van der Waals surface area (Å²) in [5.74, 6) is 2.92. The molecule has 3 rings (SSSR count). The molecule has 0 saturated heterocycles. The van der Waals surface area contributed by atoms with Gasteiger partial charge in [0, 0.05) is 38.3 Å². The van der Waals surface area contributed by atoms with E-state index in [2.05, 4.69) is 18.3 Å². The highest BCUT2D eigenvalue weighted by Crippen LogP contribution is 2.47. The number of anilines is 1. The average Bonchev–Trinajstić information content (AvgIpc) is 3.11. The number of benzene rings is 1. The molecule has 2 atom stereocenters. The quantitative estimate of drug-likeness (QED) is 0.822. The Hall–Kier alpha value is -2.49. The van der Waals surface area contributed by atoms with Crippen molar-refractivity contribution in [2.24, 2.45) is 5.92 Å². The standard InChI is InChI=1S/C20H24N2O2/c1-14-11-18(14)19-9-7-17(24-19)8-10-20(23)21-13-15-5-4-6-16(12-15)22(2)3/h4-10,12,14,18H,11,13H2,1-3H3,(H,21,23)/b10-8+. The van der Waals surface area contributed by atoms with Crippen molar-refractivity contribution in [2.75, 3.05) is 19.0 Å². The molecule has 1 N–H and O–H groups in total. The van der Waals surface area contributed by atoms with E-state index in [0.29, 0.717) is 18.4 Å². The fourth-order valence-corrected chi connectivity index (χ4v) is 2.73. The summed E-state index contributed by atoms with van der Waals surface area (Å²) in [6.07, 6.45) is 4.44. The first-order valence-corrected chi connectivity index (χ1v) is 8.35. The average molecular weight is 324 g/mol. The summed E-state index contributed by atoms with van der Waals surface area (Å²) in [5.41, 5.74) is 2.20. The van der Waals surface area contributed by atoms with Crippen molar-refractivity contribution >= 4 is 17.7 Å². The fraction of sp³-hybridized carbons (Fsp3) is 0.350. The Morgan fingerprint density at radius 2 is 2.12 bits per heavy atom. The zero-order valence-electron chi connectivity index (χ0n) is 14.5. The molecule has 24 heavy (non-hydrogen) atoms. The molecule has 0 spiro atoms. The lowest BCUT2D eigenvalue weighted by molar-refractivity contribution is -0.116. The van der Waals surface area contributed by atoms with Gasteiger partial charge in [-0.25, -0.2) is 0 Å². The summed E-state index contributed by atoms with van der Waals surface area (Å²) in [4.78, 5) is 14.0. The van der Waals surface area contributed by atoms with Crippen LogP contribution in [0.2, 0.25) is 0 Å². The second-order valence-corrected chi connectivity index (χ2v) is 6.68. The first-order chi connectivity index (χ1) is 11.5. The number of nitrogens with one attached hydrogen (secondary N) is 1. The van der Waals surface area contributed by atoms with Gasteiger partial charge in [-0.1, -0.05) is 19.1 Å². The van der Waals surface area contributed by atoms with Gasteiger partial charge in [-0.15, -0.1) is 0 Å². The Kier molecular flexibility index (Phi) is 4.74. The van der Waals surface area contributed by atoms with Gasteiger partial charge in [0.1, 0.15) is 11.5 Å². The van der Waals surface area contributed by atoms with Gasteiger partial charge < -0.3 is 14.6 Å². The topological polar surface area (TPSA) is 45.5 Å². The van der Waals surface area contributed by atoms with Crippen LogP contribution in [-0.4, -0.2) is 20.0 Å². The largest absolute Gasteiger partial charge is 0.461 e. The van der Waals surface area contributed by atoms with Crippen LogP contribution in [0.1, 0.15) is 36.3 Å². The predicted molar refractivity (Wildman–Crippen MR) is 96.9 cm³/mol. The maximum Gasteiger partial charge on any atom is 0.244 e. The first kappa shape index (κ1) is 16.4. The Labute approximate surface area is 143 Å². The van der Waals surface area contributed by atoms with Crippen molar-refractivity contribution in [1.29, 1.82) is 0 Å². The molecule has 1 heterocycles. The first-order valence-electron chi connectivity index (χ1n) is 8.35. The molecule has 1 fully saturated rings. The Morgan fingerprint density at radius 1 is 1.33 bits per heavy atom. The molecule has 1 aromatic carbocycles. The molecule has 1 saturated carbocycles. The minimum absolute atomic E-state index is 0.122. The predicted octanol–water partition coefficient (Wildman–Crippen LogP) is 3.80. The van der Waals surface area contributed by atoms with Crippen molar-refractivity contribution in [2.45, 2.75) is 25.8 Å². The highest BCUT2D eigenvalue weighted by molar-refractivity contribution is 5.91. The van der Waals surface area contributed by atoms with E-state index in [4.69, 9.17) is 4.42 Å². The van der Waals surface area contributed by atoms with E-state index in [1.807, 2.05) is 49.3 Å². The van der Waals surface area contributed by atoms with E-state index < -0.39 is 0 Å². The number of carbonyl (C=O) groups is 1. The zero-order chi connectivity index (χ0) is 17.1. The third-order valence-electron chi connectivity index (χ3n) is 4.42. The lowest BCUT2D eigenvalue weighted by atomic mass is 10.2. The molecule has 0 radical (unpaired) electrons. The molecule has 0 bridgehead atoms. The van der Waals surface area contributed by atoms with Gasteiger partial charge >= 0.3 is 0 Å². The molecular weight excluding hydrogens is 300 g/mol. The van der Waals surface area contributed by atoms with Crippen molar-refractivity contribution in [3.63, 3.8) is 0 Å². The fourth-order valence-electron chi connectivity index (χ4n) is 2.73. The van der Waals surface area contributed by atoms with Gasteiger partial charge in [0.2, 0.25) is 5.91 Å². The van der Waals surface area contributed by atoms with Crippen LogP contribution in [0.5, 0.6) is 0 Å². The highest BCUT2D eigenvalue weighted by atomic mass is 16.3. The lowest BCUT2D eigenvalue weighted by Gasteiger charge is -2.13. The van der Waals surface area contributed by atoms with Crippen LogP contribution in [0.3, 0.4) is 0 Å². The number of nitrogens with zero attached hydrogens (tertiary/aromatic N) is 1. The molecule has 126 valence electrons. The van der Waals surface area contributed by atoms with Crippen LogP contribution in [0.25, 0.3) is 6.08 Å². The number of hydrogen-bond acceptors (Lipinski definition) is 3. The SMILES string of the molecule is CC1CC1c1ccc(/C=C/C(=O)NCc2cccc(N(C)C)c2)o1. The smallest absolute Gasteiger partial charge is 0.244 e. The third-order valence-corrected chi connectivity index (χ3v) is 4.42. The van der Waals surface area contributed by atoms with E-state index in [1.54, 1.807) is 6.08 Å². The van der Waals surface area contributed by atoms with Gasteiger partial charge in [0.05, 0.1) is 0 Å². The van der Waals surface area contributed by atoms with Gasteiger partial charge in [0.25, 0.3) is 0 Å². The monoisotopic (exact) mass is 324 g/mol. The summed E-state index contributed by atoms with van der Waals surface area (Å²) in [7, 11) is 4.00. The van der Waals surface area contributed by atoms with Crippen LogP contribution >= 0.6 is 0 Å². The molecule has 1 aliphatic carbocycles. The minimum atomic E-state index is -0.122. The maximum atomic E-state index is 12.0. The van der Waals surface area contributed by atoms with E-state index >= 15 is 0 Å². The third kappa shape index (κ3) is 4.07. The van der Waals surface area contributed by atoms with Crippen molar-refractivity contribution in [3.8, 4) is 0 Å². The molecule has 1 aromatic heterocycles. The van der Waals surface area contributed by atoms with E-state index in [9.17, 15) is 4.79 Å². The molecule has 1 aliphatic rings. The molecule has 2 aromatic rings. The molecule has 1 amide bonds. The number of furan rings is 1. The van der Waals surface area contributed by atoms with Crippen LogP contribution in [-0.2, 0) is 11.3 Å². The van der Waals surface area contributed by atoms with Gasteiger partial charge in [-0.2, -0.15) is 0 Å². The van der Waals surface area contributed by atoms with Crippen molar-refractivity contribution in [3.05, 3.63) is 59.6 Å². The van der Waals surface area contributed by atoms with E-state index in [1.165, 1.54) is 12.5 Å². The Balaban J connectivity index is 1.52. The number of amides is 1. The molecule has 4 heteroatoms. The molecule has 2 unspecified atom stereocenters. The summed E-state index contributed by atoms with van der Waals surface area (Å²) in [6.45, 7) is 2.73. The molecule has 4 nitrogen and oxygen atoms in total. The van der Waals surface area contributed by atoms with Crippen molar-refractivity contribution < 1.29 is 9.21 Å². The van der Waals surface area contributed by atoms with Crippen LogP contribution < -0.4 is 10.2 Å². The Bertz CT molecular complexity index is 746. The lowest BCUT2D eigenvalue weighted by Crippen LogP contribution is -2.20. The summed E-state index contributed by atoms with van der Waals surface area (Å²) in [5, 5.41) is 2.90. The normalized spacial score (nSPS) is 19.5. The summed E-state index contributed by atoms with van der Waals surface area (Å²) in [6, 6.07) is 12.0.